The largest absolute Gasteiger partial charge is 0.394 e. The first-order valence-corrected chi connectivity index (χ1v) is 7.43. The molecule has 102 valence electrons. The maximum absolute atomic E-state index is 12.1. The summed E-state index contributed by atoms with van der Waals surface area (Å²) in [5.41, 5.74) is 0. The van der Waals surface area contributed by atoms with Crippen molar-refractivity contribution in [1.29, 1.82) is 0 Å². The number of aliphatic hydroxyl groups excluding tert-OH is 1. The van der Waals surface area contributed by atoms with E-state index in [-0.39, 0.29) is 18.6 Å². The number of hydrogen-bond acceptors (Lipinski definition) is 3. The van der Waals surface area contributed by atoms with E-state index in [1.807, 2.05) is 6.92 Å². The molecule has 1 aromatic carbocycles. The SMILES string of the molecule is CCC(CO)NC(=O)c1sc2cc(Cl)ccc2c1Cl. The van der Waals surface area contributed by atoms with Crippen molar-refractivity contribution < 1.29 is 9.90 Å². The molecule has 1 unspecified atom stereocenters. The molecular weight excluding hydrogens is 305 g/mol. The van der Waals surface area contributed by atoms with Gasteiger partial charge in [0.15, 0.2) is 0 Å². The Hall–Kier alpha value is -0.810. The molecule has 0 fully saturated rings. The molecular formula is C13H13Cl2NO2S. The molecule has 0 bridgehead atoms. The van der Waals surface area contributed by atoms with Gasteiger partial charge in [-0.05, 0) is 18.6 Å². The van der Waals surface area contributed by atoms with Crippen LogP contribution in [0.4, 0.5) is 0 Å². The highest BCUT2D eigenvalue weighted by Gasteiger charge is 2.19. The predicted molar refractivity (Wildman–Crippen MR) is 80.5 cm³/mol. The second-order valence-electron chi connectivity index (χ2n) is 4.15. The molecule has 2 N–H and O–H groups in total. The predicted octanol–water partition coefficient (Wildman–Crippen LogP) is 3.71. The Labute approximate surface area is 125 Å². The van der Waals surface area contributed by atoms with E-state index in [2.05, 4.69) is 5.32 Å². The highest BCUT2D eigenvalue weighted by atomic mass is 35.5. The van der Waals surface area contributed by atoms with Gasteiger partial charge in [-0.1, -0.05) is 36.2 Å². The number of hydrogen-bond donors (Lipinski definition) is 2. The quantitative estimate of drug-likeness (QED) is 0.903. The molecule has 0 saturated carbocycles. The number of nitrogens with one attached hydrogen (secondary N) is 1. The number of aliphatic hydroxyl groups is 1. The lowest BCUT2D eigenvalue weighted by molar-refractivity contribution is 0.0919. The minimum absolute atomic E-state index is 0.0867. The summed E-state index contributed by atoms with van der Waals surface area (Å²) in [5.74, 6) is -0.261. The van der Waals surface area contributed by atoms with Crippen LogP contribution in [0.1, 0.15) is 23.0 Å². The molecule has 0 aliphatic rings. The number of rotatable bonds is 4. The zero-order chi connectivity index (χ0) is 14.0. The van der Waals surface area contributed by atoms with Crippen LogP contribution in [0.25, 0.3) is 10.1 Å². The van der Waals surface area contributed by atoms with Gasteiger partial charge in [0.05, 0.1) is 17.7 Å². The Kier molecular flexibility index (Phi) is 4.68. The fraction of sp³-hybridized carbons (Fsp3) is 0.308. The molecule has 0 aliphatic heterocycles. The monoisotopic (exact) mass is 317 g/mol. The van der Waals surface area contributed by atoms with E-state index in [0.717, 1.165) is 10.1 Å². The summed E-state index contributed by atoms with van der Waals surface area (Å²) in [7, 11) is 0. The van der Waals surface area contributed by atoms with E-state index in [4.69, 9.17) is 28.3 Å². The third kappa shape index (κ3) is 3.03. The second-order valence-corrected chi connectivity index (χ2v) is 6.01. The lowest BCUT2D eigenvalue weighted by atomic mass is 10.2. The number of benzene rings is 1. The first-order valence-electron chi connectivity index (χ1n) is 5.86. The van der Waals surface area contributed by atoms with Crippen molar-refractivity contribution in [2.75, 3.05) is 6.61 Å². The molecule has 1 atom stereocenters. The molecule has 1 amide bonds. The van der Waals surface area contributed by atoms with E-state index < -0.39 is 0 Å². The molecule has 1 aromatic heterocycles. The number of carbonyl (C=O) groups is 1. The van der Waals surface area contributed by atoms with Crippen LogP contribution < -0.4 is 5.32 Å². The van der Waals surface area contributed by atoms with Gasteiger partial charge >= 0.3 is 0 Å². The standard InChI is InChI=1S/C13H13Cl2NO2S/c1-2-8(6-17)16-13(18)12-11(15)9-4-3-7(14)5-10(9)19-12/h3-5,8,17H,2,6H2,1H3,(H,16,18). The van der Waals surface area contributed by atoms with Crippen LogP contribution >= 0.6 is 34.5 Å². The van der Waals surface area contributed by atoms with E-state index in [1.54, 1.807) is 18.2 Å². The summed E-state index contributed by atoms with van der Waals surface area (Å²) in [6.45, 7) is 1.81. The number of fused-ring (bicyclic) bond motifs is 1. The van der Waals surface area contributed by atoms with Gasteiger partial charge in [0, 0.05) is 15.1 Å². The Bertz CT molecular complexity index is 608. The van der Waals surface area contributed by atoms with Gasteiger partial charge in [0.1, 0.15) is 4.88 Å². The van der Waals surface area contributed by atoms with Crippen LogP contribution in [-0.4, -0.2) is 23.7 Å². The van der Waals surface area contributed by atoms with Crippen LogP contribution in [-0.2, 0) is 0 Å². The number of amides is 1. The van der Waals surface area contributed by atoms with Gasteiger partial charge in [-0.3, -0.25) is 4.79 Å². The smallest absolute Gasteiger partial charge is 0.263 e. The first-order chi connectivity index (χ1) is 9.06. The van der Waals surface area contributed by atoms with Crippen LogP contribution in [0, 0.1) is 0 Å². The second kappa shape index (κ2) is 6.09. The van der Waals surface area contributed by atoms with Crippen molar-refractivity contribution in [3.63, 3.8) is 0 Å². The molecule has 0 spiro atoms. The van der Waals surface area contributed by atoms with Crippen LogP contribution in [0.15, 0.2) is 18.2 Å². The summed E-state index contributed by atoms with van der Waals surface area (Å²) >= 11 is 13.4. The molecule has 0 aliphatic carbocycles. The molecule has 6 heteroatoms. The van der Waals surface area contributed by atoms with E-state index in [1.165, 1.54) is 11.3 Å². The summed E-state index contributed by atoms with van der Waals surface area (Å²) < 4.78 is 0.875. The molecule has 0 saturated heterocycles. The summed E-state index contributed by atoms with van der Waals surface area (Å²) in [6.07, 6.45) is 0.663. The van der Waals surface area contributed by atoms with Gasteiger partial charge in [-0.25, -0.2) is 0 Å². The van der Waals surface area contributed by atoms with Gasteiger partial charge in [0.25, 0.3) is 5.91 Å². The zero-order valence-corrected chi connectivity index (χ0v) is 12.6. The lowest BCUT2D eigenvalue weighted by Gasteiger charge is -2.13. The van der Waals surface area contributed by atoms with E-state index in [0.29, 0.717) is 21.3 Å². The molecule has 19 heavy (non-hydrogen) atoms. The van der Waals surface area contributed by atoms with Crippen LogP contribution in [0.2, 0.25) is 10.0 Å². The van der Waals surface area contributed by atoms with Crippen molar-refractivity contribution >= 4 is 50.5 Å². The van der Waals surface area contributed by atoms with Crippen LogP contribution in [0.3, 0.4) is 0 Å². The Morgan fingerprint density at radius 1 is 1.47 bits per heavy atom. The Balaban J connectivity index is 2.34. The van der Waals surface area contributed by atoms with Crippen molar-refractivity contribution in [1.82, 2.24) is 5.32 Å². The topological polar surface area (TPSA) is 49.3 Å². The average Bonchev–Trinajstić information content (AvgIpc) is 2.72. The Morgan fingerprint density at radius 3 is 2.84 bits per heavy atom. The molecule has 0 radical (unpaired) electrons. The maximum Gasteiger partial charge on any atom is 0.263 e. The van der Waals surface area contributed by atoms with Gasteiger partial charge in [0.2, 0.25) is 0 Å². The molecule has 2 rings (SSSR count). The lowest BCUT2D eigenvalue weighted by Crippen LogP contribution is -2.36. The third-order valence-corrected chi connectivity index (χ3v) is 4.74. The van der Waals surface area contributed by atoms with Gasteiger partial charge < -0.3 is 10.4 Å². The van der Waals surface area contributed by atoms with Crippen molar-refractivity contribution in [3.8, 4) is 0 Å². The van der Waals surface area contributed by atoms with Crippen molar-refractivity contribution in [3.05, 3.63) is 33.1 Å². The van der Waals surface area contributed by atoms with E-state index >= 15 is 0 Å². The van der Waals surface area contributed by atoms with Crippen LogP contribution in [0.5, 0.6) is 0 Å². The molecule has 2 aromatic rings. The minimum atomic E-state index is -0.261. The number of carbonyl (C=O) groups excluding carboxylic acids is 1. The highest BCUT2D eigenvalue weighted by molar-refractivity contribution is 7.21. The Morgan fingerprint density at radius 2 is 2.21 bits per heavy atom. The third-order valence-electron chi connectivity index (χ3n) is 2.85. The highest BCUT2D eigenvalue weighted by Crippen LogP contribution is 2.36. The van der Waals surface area contributed by atoms with Gasteiger partial charge in [-0.2, -0.15) is 0 Å². The molecule has 3 nitrogen and oxygen atoms in total. The van der Waals surface area contributed by atoms with Crippen molar-refractivity contribution in [2.45, 2.75) is 19.4 Å². The number of halogens is 2. The maximum atomic E-state index is 12.1. The fourth-order valence-electron chi connectivity index (χ4n) is 1.71. The minimum Gasteiger partial charge on any atom is -0.394 e. The number of thiophene rings is 1. The fourth-order valence-corrected chi connectivity index (χ4v) is 3.41. The van der Waals surface area contributed by atoms with Gasteiger partial charge in [-0.15, -0.1) is 11.3 Å². The normalized spacial score (nSPS) is 12.6. The van der Waals surface area contributed by atoms with E-state index in [9.17, 15) is 4.79 Å². The molecule has 1 heterocycles. The average molecular weight is 318 g/mol. The first kappa shape index (κ1) is 14.6. The van der Waals surface area contributed by atoms with Crippen molar-refractivity contribution in [2.24, 2.45) is 0 Å². The zero-order valence-electron chi connectivity index (χ0n) is 10.2. The summed E-state index contributed by atoms with van der Waals surface area (Å²) in [6, 6.07) is 5.08. The summed E-state index contributed by atoms with van der Waals surface area (Å²) in [5, 5.41) is 13.7. The summed E-state index contributed by atoms with van der Waals surface area (Å²) in [4.78, 5) is 12.6.